The van der Waals surface area contributed by atoms with E-state index in [4.69, 9.17) is 16.7 Å². The van der Waals surface area contributed by atoms with E-state index >= 15 is 0 Å². The monoisotopic (exact) mass is 292 g/mol. The maximum absolute atomic E-state index is 11.0. The van der Waals surface area contributed by atoms with Gasteiger partial charge in [-0.05, 0) is 41.3 Å². The third kappa shape index (κ3) is 2.65. The minimum absolute atomic E-state index is 0.0310. The molecule has 3 rings (SSSR count). The first-order valence-corrected chi connectivity index (χ1v) is 6.78. The number of carbonyl (C=O) groups is 1. The number of hydrogen-bond donors (Lipinski definition) is 1. The summed E-state index contributed by atoms with van der Waals surface area (Å²) in [6.07, 6.45) is 2.07. The van der Waals surface area contributed by atoms with E-state index in [1.165, 1.54) is 0 Å². The van der Waals surface area contributed by atoms with Crippen LogP contribution in [0.15, 0.2) is 24.3 Å². The van der Waals surface area contributed by atoms with Gasteiger partial charge < -0.3 is 5.11 Å². The summed E-state index contributed by atoms with van der Waals surface area (Å²) < 4.78 is 1.62. The Balaban J connectivity index is 1.98. The van der Waals surface area contributed by atoms with Crippen LogP contribution in [-0.2, 0) is 4.79 Å². The number of nitrogens with zero attached hydrogens (tertiary/aromatic N) is 4. The van der Waals surface area contributed by atoms with Crippen molar-refractivity contribution in [1.82, 2.24) is 20.2 Å². The molecule has 1 aromatic carbocycles. The molecule has 1 N–H and O–H groups in total. The summed E-state index contributed by atoms with van der Waals surface area (Å²) in [4.78, 5) is 11.0. The molecule has 0 aliphatic heterocycles. The molecule has 1 aliphatic rings. The van der Waals surface area contributed by atoms with Gasteiger partial charge in [0, 0.05) is 10.6 Å². The van der Waals surface area contributed by atoms with Crippen molar-refractivity contribution in [2.45, 2.75) is 25.3 Å². The van der Waals surface area contributed by atoms with Crippen molar-refractivity contribution in [3.8, 4) is 11.4 Å². The Morgan fingerprint density at radius 1 is 1.50 bits per heavy atom. The second kappa shape index (κ2) is 5.20. The molecule has 1 fully saturated rings. The molecule has 0 spiro atoms. The Kier molecular flexibility index (Phi) is 3.40. The van der Waals surface area contributed by atoms with Crippen molar-refractivity contribution >= 4 is 17.6 Å². The summed E-state index contributed by atoms with van der Waals surface area (Å²) in [5, 5.41) is 21.4. The fourth-order valence-electron chi connectivity index (χ4n) is 2.35. The first kappa shape index (κ1) is 13.1. The Morgan fingerprint density at radius 3 is 2.95 bits per heavy atom. The first-order valence-electron chi connectivity index (χ1n) is 6.41. The molecule has 104 valence electrons. The van der Waals surface area contributed by atoms with Crippen molar-refractivity contribution in [3.05, 3.63) is 29.3 Å². The zero-order valence-corrected chi connectivity index (χ0v) is 11.4. The zero-order chi connectivity index (χ0) is 14.1. The standard InChI is InChI=1S/C13H13ClN4O2/c14-10-3-1-2-9(6-10)13-15-16-17-18(13)11(7-12(19)20)8-4-5-8/h1-3,6,8,11H,4-5,7H2,(H,19,20). The van der Waals surface area contributed by atoms with Crippen molar-refractivity contribution < 1.29 is 9.90 Å². The number of halogens is 1. The van der Waals surface area contributed by atoms with E-state index in [1.54, 1.807) is 16.8 Å². The van der Waals surface area contributed by atoms with Crippen LogP contribution in [0.5, 0.6) is 0 Å². The summed E-state index contributed by atoms with van der Waals surface area (Å²) in [7, 11) is 0. The number of benzene rings is 1. The topological polar surface area (TPSA) is 80.9 Å². The molecule has 0 radical (unpaired) electrons. The second-order valence-corrected chi connectivity index (χ2v) is 5.40. The maximum atomic E-state index is 11.0. The molecule has 1 saturated carbocycles. The number of carboxylic acid groups (broad SMARTS) is 1. The molecule has 1 unspecified atom stereocenters. The van der Waals surface area contributed by atoms with Crippen molar-refractivity contribution in [1.29, 1.82) is 0 Å². The van der Waals surface area contributed by atoms with Crippen LogP contribution in [0.25, 0.3) is 11.4 Å². The van der Waals surface area contributed by atoms with E-state index in [0.717, 1.165) is 18.4 Å². The Morgan fingerprint density at radius 2 is 2.30 bits per heavy atom. The van der Waals surface area contributed by atoms with Crippen LogP contribution < -0.4 is 0 Å². The van der Waals surface area contributed by atoms with Gasteiger partial charge in [0.2, 0.25) is 0 Å². The summed E-state index contributed by atoms with van der Waals surface area (Å²) >= 11 is 5.98. The van der Waals surface area contributed by atoms with Crippen LogP contribution in [0.2, 0.25) is 5.02 Å². The highest BCUT2D eigenvalue weighted by Crippen LogP contribution is 2.42. The number of tetrazole rings is 1. The van der Waals surface area contributed by atoms with Gasteiger partial charge in [-0.3, -0.25) is 4.79 Å². The third-order valence-corrected chi connectivity index (χ3v) is 3.67. The molecule has 2 aromatic rings. The van der Waals surface area contributed by atoms with Gasteiger partial charge in [-0.1, -0.05) is 23.7 Å². The van der Waals surface area contributed by atoms with Gasteiger partial charge in [0.15, 0.2) is 5.82 Å². The van der Waals surface area contributed by atoms with E-state index in [0.29, 0.717) is 16.8 Å². The number of aromatic nitrogens is 4. The first-order chi connectivity index (χ1) is 9.65. The molecule has 1 aliphatic carbocycles. The molecular formula is C13H13ClN4O2. The number of aliphatic carboxylic acids is 1. The molecule has 6 nitrogen and oxygen atoms in total. The Hall–Kier alpha value is -1.95. The van der Waals surface area contributed by atoms with Crippen LogP contribution in [-0.4, -0.2) is 31.3 Å². The molecule has 20 heavy (non-hydrogen) atoms. The average Bonchev–Trinajstić information content (AvgIpc) is 3.12. The SMILES string of the molecule is O=C(O)CC(C1CC1)n1nnnc1-c1cccc(Cl)c1. The Bertz CT molecular complexity index is 639. The van der Waals surface area contributed by atoms with E-state index in [2.05, 4.69) is 15.5 Å². The van der Waals surface area contributed by atoms with Crippen LogP contribution in [0, 0.1) is 5.92 Å². The lowest BCUT2D eigenvalue weighted by Crippen LogP contribution is -2.18. The van der Waals surface area contributed by atoms with Gasteiger partial charge in [-0.15, -0.1) is 5.10 Å². The van der Waals surface area contributed by atoms with Crippen molar-refractivity contribution in [2.75, 3.05) is 0 Å². The van der Waals surface area contributed by atoms with Crippen LogP contribution in [0.3, 0.4) is 0 Å². The quantitative estimate of drug-likeness (QED) is 0.915. The van der Waals surface area contributed by atoms with Gasteiger partial charge in [-0.25, -0.2) is 4.68 Å². The zero-order valence-electron chi connectivity index (χ0n) is 10.6. The number of hydrogen-bond acceptors (Lipinski definition) is 4. The summed E-state index contributed by atoms with van der Waals surface area (Å²) in [5.74, 6) is 0.0626. The molecular weight excluding hydrogens is 280 g/mol. The van der Waals surface area contributed by atoms with Crippen molar-refractivity contribution in [2.24, 2.45) is 5.92 Å². The Labute approximate surface area is 120 Å². The van der Waals surface area contributed by atoms with Crippen LogP contribution in [0.1, 0.15) is 25.3 Å². The molecule has 1 heterocycles. The smallest absolute Gasteiger partial charge is 0.305 e. The molecule has 7 heteroatoms. The van der Waals surface area contributed by atoms with Gasteiger partial charge in [-0.2, -0.15) is 0 Å². The van der Waals surface area contributed by atoms with E-state index < -0.39 is 5.97 Å². The molecule has 0 bridgehead atoms. The van der Waals surface area contributed by atoms with Gasteiger partial charge in [0.25, 0.3) is 0 Å². The number of carboxylic acids is 1. The lowest BCUT2D eigenvalue weighted by Gasteiger charge is -2.15. The normalized spacial score (nSPS) is 16.1. The van der Waals surface area contributed by atoms with Crippen LogP contribution in [0.4, 0.5) is 0 Å². The fourth-order valence-corrected chi connectivity index (χ4v) is 2.54. The van der Waals surface area contributed by atoms with Gasteiger partial charge in [0.1, 0.15) is 0 Å². The third-order valence-electron chi connectivity index (χ3n) is 3.44. The summed E-state index contributed by atoms with van der Waals surface area (Å²) in [5.41, 5.74) is 0.790. The largest absolute Gasteiger partial charge is 0.481 e. The highest BCUT2D eigenvalue weighted by Gasteiger charge is 2.36. The summed E-state index contributed by atoms with van der Waals surface area (Å²) in [6.45, 7) is 0. The number of rotatable bonds is 5. The maximum Gasteiger partial charge on any atom is 0.305 e. The minimum atomic E-state index is -0.838. The van der Waals surface area contributed by atoms with Crippen molar-refractivity contribution in [3.63, 3.8) is 0 Å². The predicted octanol–water partition coefficient (Wildman–Crippen LogP) is 2.42. The second-order valence-electron chi connectivity index (χ2n) is 4.96. The molecule has 0 saturated heterocycles. The van der Waals surface area contributed by atoms with E-state index in [1.807, 2.05) is 12.1 Å². The lowest BCUT2D eigenvalue weighted by molar-refractivity contribution is -0.138. The minimum Gasteiger partial charge on any atom is -0.481 e. The molecule has 1 atom stereocenters. The van der Waals surface area contributed by atoms with Gasteiger partial charge in [0.05, 0.1) is 12.5 Å². The lowest BCUT2D eigenvalue weighted by atomic mass is 10.1. The predicted molar refractivity (Wildman–Crippen MR) is 72.3 cm³/mol. The fraction of sp³-hybridized carbons (Fsp3) is 0.385. The van der Waals surface area contributed by atoms with E-state index in [-0.39, 0.29) is 12.5 Å². The highest BCUT2D eigenvalue weighted by atomic mass is 35.5. The molecule has 0 amide bonds. The van der Waals surface area contributed by atoms with E-state index in [9.17, 15) is 4.79 Å². The highest BCUT2D eigenvalue weighted by molar-refractivity contribution is 6.30. The van der Waals surface area contributed by atoms with Crippen LogP contribution >= 0.6 is 11.6 Å². The average molecular weight is 293 g/mol. The summed E-state index contributed by atoms with van der Waals surface area (Å²) in [6, 6.07) is 7.03. The molecule has 1 aromatic heterocycles. The van der Waals surface area contributed by atoms with Gasteiger partial charge >= 0.3 is 5.97 Å².